The van der Waals surface area contributed by atoms with Crippen LogP contribution >= 0.6 is 22.9 Å². The van der Waals surface area contributed by atoms with Crippen molar-refractivity contribution in [3.63, 3.8) is 0 Å². The van der Waals surface area contributed by atoms with Gasteiger partial charge in [0.05, 0.1) is 12.1 Å². The van der Waals surface area contributed by atoms with Crippen LogP contribution in [0.5, 0.6) is 5.75 Å². The number of fused-ring (bicyclic) bond motifs is 1. The summed E-state index contributed by atoms with van der Waals surface area (Å²) in [7, 11) is 1.61. The molecule has 1 fully saturated rings. The number of imide groups is 1. The van der Waals surface area contributed by atoms with Crippen LogP contribution in [-0.2, 0) is 0 Å². The van der Waals surface area contributed by atoms with Gasteiger partial charge in [0.25, 0.3) is 17.7 Å². The summed E-state index contributed by atoms with van der Waals surface area (Å²) in [4.78, 5) is 43.5. The number of benzene rings is 3. The van der Waals surface area contributed by atoms with Gasteiger partial charge in [0.2, 0.25) is 0 Å². The predicted octanol–water partition coefficient (Wildman–Crippen LogP) is 5.86. The van der Waals surface area contributed by atoms with Gasteiger partial charge < -0.3 is 9.64 Å². The van der Waals surface area contributed by atoms with Crippen LogP contribution in [0.3, 0.4) is 0 Å². The molecule has 182 valence electrons. The standard InChI is InChI=1S/C28H23ClN2O4S/c1-35-18-8-9-19-22(14-18)36-25(24(19)29)28(34)30-12-10-16(11-13-30)15-31-26(32)20-6-2-4-17-5-3-7-21(23(17)20)27(31)33/h2-9,14,16H,10-13,15H2,1H3. The zero-order valence-electron chi connectivity index (χ0n) is 19.6. The first kappa shape index (κ1) is 23.0. The summed E-state index contributed by atoms with van der Waals surface area (Å²) in [6.45, 7) is 1.47. The zero-order valence-corrected chi connectivity index (χ0v) is 21.2. The van der Waals surface area contributed by atoms with E-state index in [-0.39, 0.29) is 23.6 Å². The van der Waals surface area contributed by atoms with Crippen LogP contribution in [0.15, 0.2) is 54.6 Å². The third kappa shape index (κ3) is 3.65. The van der Waals surface area contributed by atoms with Gasteiger partial charge in [-0.05, 0) is 54.5 Å². The average molecular weight is 519 g/mol. The number of carbonyl (C=O) groups is 3. The number of rotatable bonds is 4. The van der Waals surface area contributed by atoms with Gasteiger partial charge in [0, 0.05) is 46.2 Å². The molecule has 1 aromatic heterocycles. The fourth-order valence-electron chi connectivity index (χ4n) is 5.28. The quantitative estimate of drug-likeness (QED) is 0.317. The van der Waals surface area contributed by atoms with Crippen LogP contribution in [0.4, 0.5) is 0 Å². The normalized spacial score (nSPS) is 16.3. The fourth-order valence-corrected chi connectivity index (χ4v) is 6.79. The van der Waals surface area contributed by atoms with E-state index in [1.54, 1.807) is 19.2 Å². The maximum absolute atomic E-state index is 13.3. The molecule has 6 nitrogen and oxygen atoms in total. The largest absolute Gasteiger partial charge is 0.497 e. The molecule has 0 N–H and O–H groups in total. The number of likely N-dealkylation sites (tertiary alicyclic amines) is 1. The van der Waals surface area contributed by atoms with Gasteiger partial charge in [-0.25, -0.2) is 0 Å². The second kappa shape index (κ2) is 8.91. The highest BCUT2D eigenvalue weighted by Gasteiger charge is 2.35. The molecule has 2 aliphatic rings. The Hall–Kier alpha value is -3.42. The van der Waals surface area contributed by atoms with Gasteiger partial charge in [-0.2, -0.15) is 0 Å². The molecule has 0 atom stereocenters. The van der Waals surface area contributed by atoms with Gasteiger partial charge in [-0.1, -0.05) is 35.9 Å². The number of methoxy groups -OCH3 is 1. The number of hydrogen-bond acceptors (Lipinski definition) is 5. The Morgan fingerprint density at radius 2 is 1.69 bits per heavy atom. The Kier molecular flexibility index (Phi) is 5.69. The molecule has 4 aromatic rings. The number of amides is 3. The molecule has 0 bridgehead atoms. The third-order valence-corrected chi connectivity index (χ3v) is 8.87. The number of thiophene rings is 1. The SMILES string of the molecule is COc1ccc2c(Cl)c(C(=O)N3CCC(CN4C(=O)c5cccc6cccc(c56)C4=O)CC3)sc2c1. The van der Waals surface area contributed by atoms with Crippen LogP contribution in [0.2, 0.25) is 5.02 Å². The number of ether oxygens (including phenoxy) is 1. The number of nitrogens with zero attached hydrogens (tertiary/aromatic N) is 2. The second-order valence-corrected chi connectivity index (χ2v) is 10.7. The Balaban J connectivity index is 1.16. The van der Waals surface area contributed by atoms with Gasteiger partial charge in [0.15, 0.2) is 0 Å². The van der Waals surface area contributed by atoms with Crippen LogP contribution in [-0.4, -0.2) is 54.3 Å². The molecule has 0 radical (unpaired) electrons. The van der Waals surface area contributed by atoms with E-state index in [9.17, 15) is 14.4 Å². The van der Waals surface area contributed by atoms with E-state index in [4.69, 9.17) is 16.3 Å². The average Bonchev–Trinajstić information content (AvgIpc) is 3.25. The van der Waals surface area contributed by atoms with Crippen molar-refractivity contribution >= 4 is 61.5 Å². The second-order valence-electron chi connectivity index (χ2n) is 9.27. The summed E-state index contributed by atoms with van der Waals surface area (Å²) in [6.07, 6.45) is 1.43. The lowest BCUT2D eigenvalue weighted by molar-refractivity contribution is 0.0525. The van der Waals surface area contributed by atoms with Crippen LogP contribution in [0.25, 0.3) is 20.9 Å². The third-order valence-electron chi connectivity index (χ3n) is 7.23. The maximum atomic E-state index is 13.3. The van der Waals surface area contributed by atoms with Crippen molar-refractivity contribution in [2.75, 3.05) is 26.7 Å². The van der Waals surface area contributed by atoms with Crippen molar-refractivity contribution in [2.45, 2.75) is 12.8 Å². The summed E-state index contributed by atoms with van der Waals surface area (Å²) in [5.74, 6) is 0.296. The number of piperidine rings is 1. The highest BCUT2D eigenvalue weighted by Crippen LogP contribution is 2.38. The van der Waals surface area contributed by atoms with Gasteiger partial charge >= 0.3 is 0 Å². The van der Waals surface area contributed by atoms with Crippen molar-refractivity contribution in [1.82, 2.24) is 9.80 Å². The fraction of sp³-hybridized carbons (Fsp3) is 0.250. The summed E-state index contributed by atoms with van der Waals surface area (Å²) >= 11 is 7.95. The number of halogens is 1. The molecule has 36 heavy (non-hydrogen) atoms. The molecule has 3 amide bonds. The van der Waals surface area contributed by atoms with E-state index >= 15 is 0 Å². The van der Waals surface area contributed by atoms with Crippen molar-refractivity contribution in [1.29, 1.82) is 0 Å². The molecule has 2 aliphatic heterocycles. The van der Waals surface area contributed by atoms with Crippen LogP contribution in [0.1, 0.15) is 43.2 Å². The molecule has 3 aromatic carbocycles. The smallest absolute Gasteiger partial charge is 0.265 e. The first-order valence-corrected chi connectivity index (χ1v) is 13.1. The summed E-state index contributed by atoms with van der Waals surface area (Å²) in [6, 6.07) is 16.7. The molecule has 8 heteroatoms. The lowest BCUT2D eigenvalue weighted by Gasteiger charge is -2.35. The first-order chi connectivity index (χ1) is 17.5. The summed E-state index contributed by atoms with van der Waals surface area (Å²) in [5, 5.41) is 2.96. The zero-order chi connectivity index (χ0) is 25.0. The van der Waals surface area contributed by atoms with Crippen molar-refractivity contribution < 1.29 is 19.1 Å². The molecule has 3 heterocycles. The van der Waals surface area contributed by atoms with Crippen molar-refractivity contribution in [2.24, 2.45) is 5.92 Å². The van der Waals surface area contributed by atoms with E-state index in [1.165, 1.54) is 16.2 Å². The van der Waals surface area contributed by atoms with Gasteiger partial charge in [-0.3, -0.25) is 19.3 Å². The lowest BCUT2D eigenvalue weighted by Crippen LogP contribution is -2.46. The molecule has 0 spiro atoms. The van der Waals surface area contributed by atoms with Crippen molar-refractivity contribution in [3.05, 3.63) is 75.6 Å². The lowest BCUT2D eigenvalue weighted by atomic mass is 9.91. The summed E-state index contributed by atoms with van der Waals surface area (Å²) in [5.41, 5.74) is 1.15. The van der Waals surface area contributed by atoms with E-state index in [1.807, 2.05) is 47.4 Å². The van der Waals surface area contributed by atoms with E-state index < -0.39 is 0 Å². The molecular formula is C28H23ClN2O4S. The molecule has 0 unspecified atom stereocenters. The molecule has 0 aliphatic carbocycles. The highest BCUT2D eigenvalue weighted by molar-refractivity contribution is 7.21. The van der Waals surface area contributed by atoms with E-state index in [0.717, 1.165) is 26.6 Å². The maximum Gasteiger partial charge on any atom is 0.265 e. The van der Waals surface area contributed by atoms with Crippen LogP contribution < -0.4 is 4.74 Å². The minimum absolute atomic E-state index is 0.0793. The monoisotopic (exact) mass is 518 g/mol. The Morgan fingerprint density at radius 1 is 1.03 bits per heavy atom. The molecule has 6 rings (SSSR count). The van der Waals surface area contributed by atoms with E-state index in [2.05, 4.69) is 0 Å². The Labute approximate surface area is 217 Å². The first-order valence-electron chi connectivity index (χ1n) is 11.9. The van der Waals surface area contributed by atoms with E-state index in [0.29, 0.717) is 53.5 Å². The predicted molar refractivity (Wildman–Crippen MR) is 141 cm³/mol. The van der Waals surface area contributed by atoms with Gasteiger partial charge in [0.1, 0.15) is 10.6 Å². The van der Waals surface area contributed by atoms with Crippen molar-refractivity contribution in [3.8, 4) is 5.75 Å². The molecule has 1 saturated heterocycles. The number of carbonyl (C=O) groups excluding carboxylic acids is 3. The van der Waals surface area contributed by atoms with Crippen LogP contribution in [0, 0.1) is 5.92 Å². The minimum Gasteiger partial charge on any atom is -0.497 e. The number of hydrogen-bond donors (Lipinski definition) is 0. The summed E-state index contributed by atoms with van der Waals surface area (Å²) < 4.78 is 6.20. The minimum atomic E-state index is -0.240. The molecular weight excluding hydrogens is 496 g/mol. The highest BCUT2D eigenvalue weighted by atomic mass is 35.5. The Bertz CT molecular complexity index is 1500. The van der Waals surface area contributed by atoms with Gasteiger partial charge in [-0.15, -0.1) is 11.3 Å². The topological polar surface area (TPSA) is 66.9 Å². The molecule has 0 saturated carbocycles. The Morgan fingerprint density at radius 3 is 2.33 bits per heavy atom.